The standard InChI is InChI=1S/C27H54N2O3/c1-2-3-4-5-6-7-8-9-10-11-12-13-14-15-16-17-18-19-20-21-22-28-26(31)25-24(30)23-29-27(25)32/h24-25,27,29-30,32H,2-23H2,1H3,(H,28,31). The molecule has 0 aromatic heterocycles. The smallest absolute Gasteiger partial charge is 0.229 e. The summed E-state index contributed by atoms with van der Waals surface area (Å²) in [5, 5.41) is 24.9. The van der Waals surface area contributed by atoms with Gasteiger partial charge >= 0.3 is 0 Å². The molecule has 0 spiro atoms. The lowest BCUT2D eigenvalue weighted by Crippen LogP contribution is -2.41. The predicted octanol–water partition coefficient (Wildman–Crippen LogP) is 5.82. The van der Waals surface area contributed by atoms with Crippen LogP contribution in [-0.2, 0) is 4.79 Å². The Morgan fingerprint density at radius 2 is 1.06 bits per heavy atom. The van der Waals surface area contributed by atoms with Gasteiger partial charge in [-0.15, -0.1) is 0 Å². The minimum absolute atomic E-state index is 0.243. The van der Waals surface area contributed by atoms with Gasteiger partial charge in [-0.2, -0.15) is 0 Å². The van der Waals surface area contributed by atoms with Crippen LogP contribution in [0.25, 0.3) is 0 Å². The molecule has 32 heavy (non-hydrogen) atoms. The van der Waals surface area contributed by atoms with Crippen LogP contribution in [0.3, 0.4) is 0 Å². The number of β-amino-alcohol motifs (C(OH)–C–C–N with tert-alkyl or cyclic N) is 1. The molecule has 5 nitrogen and oxygen atoms in total. The van der Waals surface area contributed by atoms with Gasteiger partial charge in [0.05, 0.1) is 6.10 Å². The molecule has 1 aliphatic rings. The van der Waals surface area contributed by atoms with Gasteiger partial charge in [-0.3, -0.25) is 10.1 Å². The molecule has 1 amide bonds. The first-order valence-corrected chi connectivity index (χ1v) is 14.0. The van der Waals surface area contributed by atoms with E-state index < -0.39 is 18.2 Å². The largest absolute Gasteiger partial charge is 0.391 e. The number of hydrogen-bond donors (Lipinski definition) is 4. The summed E-state index contributed by atoms with van der Waals surface area (Å²) in [6.07, 6.45) is 25.5. The van der Waals surface area contributed by atoms with Crippen molar-refractivity contribution in [3.63, 3.8) is 0 Å². The van der Waals surface area contributed by atoms with Crippen LogP contribution < -0.4 is 10.6 Å². The summed E-state index contributed by atoms with van der Waals surface area (Å²) in [5.74, 6) is -0.979. The van der Waals surface area contributed by atoms with Gasteiger partial charge in [-0.25, -0.2) is 0 Å². The van der Waals surface area contributed by atoms with Crippen LogP contribution in [0, 0.1) is 5.92 Å². The number of hydrogen-bond acceptors (Lipinski definition) is 4. The normalized spacial score (nSPS) is 20.7. The van der Waals surface area contributed by atoms with Crippen LogP contribution in [0.5, 0.6) is 0 Å². The molecule has 0 saturated carbocycles. The Kier molecular flexibility index (Phi) is 19.2. The number of aliphatic hydroxyl groups excluding tert-OH is 2. The van der Waals surface area contributed by atoms with E-state index in [9.17, 15) is 15.0 Å². The van der Waals surface area contributed by atoms with Gasteiger partial charge in [-0.1, -0.05) is 129 Å². The SMILES string of the molecule is CCCCCCCCCCCCCCCCCCCCCCNC(=O)C1C(O)CNC1O. The molecule has 190 valence electrons. The van der Waals surface area contributed by atoms with Crippen molar-refractivity contribution in [2.45, 2.75) is 148 Å². The number of aliphatic hydroxyl groups is 2. The molecule has 0 radical (unpaired) electrons. The van der Waals surface area contributed by atoms with E-state index in [1.165, 1.54) is 116 Å². The monoisotopic (exact) mass is 454 g/mol. The van der Waals surface area contributed by atoms with Crippen molar-refractivity contribution in [1.82, 2.24) is 10.6 Å². The fourth-order valence-electron chi connectivity index (χ4n) is 4.73. The number of carbonyl (C=O) groups is 1. The number of unbranched alkanes of at least 4 members (excludes halogenated alkanes) is 19. The topological polar surface area (TPSA) is 81.6 Å². The van der Waals surface area contributed by atoms with Crippen LogP contribution in [0.1, 0.15) is 135 Å². The highest BCUT2D eigenvalue weighted by atomic mass is 16.3. The Morgan fingerprint density at radius 1 is 0.688 bits per heavy atom. The molecule has 0 aromatic rings. The number of rotatable bonds is 22. The molecule has 1 rings (SSSR count). The molecule has 0 bridgehead atoms. The van der Waals surface area contributed by atoms with Crippen molar-refractivity contribution in [3.05, 3.63) is 0 Å². The summed E-state index contributed by atoms with van der Waals surface area (Å²) in [4.78, 5) is 12.0. The average molecular weight is 455 g/mol. The Bertz CT molecular complexity index is 423. The molecule has 1 saturated heterocycles. The van der Waals surface area contributed by atoms with Crippen molar-refractivity contribution in [2.75, 3.05) is 13.1 Å². The van der Waals surface area contributed by atoms with Gasteiger partial charge in [-0.05, 0) is 6.42 Å². The summed E-state index contributed by atoms with van der Waals surface area (Å²) < 4.78 is 0. The molecule has 4 N–H and O–H groups in total. The summed E-state index contributed by atoms with van der Waals surface area (Å²) >= 11 is 0. The maximum absolute atomic E-state index is 12.0. The molecule has 1 fully saturated rings. The van der Waals surface area contributed by atoms with Crippen LogP contribution >= 0.6 is 0 Å². The number of nitrogens with one attached hydrogen (secondary N) is 2. The lowest BCUT2D eigenvalue weighted by Gasteiger charge is -2.16. The van der Waals surface area contributed by atoms with Crippen LogP contribution in [0.2, 0.25) is 0 Å². The molecule has 0 aliphatic carbocycles. The molecule has 3 unspecified atom stereocenters. The maximum atomic E-state index is 12.0. The summed E-state index contributed by atoms with van der Waals surface area (Å²) in [7, 11) is 0. The molecule has 5 heteroatoms. The predicted molar refractivity (Wildman–Crippen MR) is 135 cm³/mol. The number of carbonyl (C=O) groups excluding carboxylic acids is 1. The second kappa shape index (κ2) is 20.9. The van der Waals surface area contributed by atoms with Gasteiger partial charge in [0.15, 0.2) is 0 Å². The highest BCUT2D eigenvalue weighted by Crippen LogP contribution is 2.16. The second-order valence-corrected chi connectivity index (χ2v) is 9.95. The van der Waals surface area contributed by atoms with Crippen molar-refractivity contribution in [3.8, 4) is 0 Å². The Morgan fingerprint density at radius 3 is 1.41 bits per heavy atom. The van der Waals surface area contributed by atoms with Gasteiger partial charge in [0, 0.05) is 13.1 Å². The third-order valence-corrected chi connectivity index (χ3v) is 6.92. The molecular formula is C27H54N2O3. The van der Waals surface area contributed by atoms with Crippen molar-refractivity contribution in [1.29, 1.82) is 0 Å². The fourth-order valence-corrected chi connectivity index (χ4v) is 4.73. The van der Waals surface area contributed by atoms with Gasteiger partial charge in [0.1, 0.15) is 12.1 Å². The molecular weight excluding hydrogens is 400 g/mol. The first-order valence-electron chi connectivity index (χ1n) is 14.0. The zero-order valence-corrected chi connectivity index (χ0v) is 21.1. The van der Waals surface area contributed by atoms with Gasteiger partial charge < -0.3 is 15.5 Å². The summed E-state index contributed by atoms with van der Waals surface area (Å²) in [6.45, 7) is 3.19. The van der Waals surface area contributed by atoms with Crippen LogP contribution in [-0.4, -0.2) is 41.5 Å². The van der Waals surface area contributed by atoms with Gasteiger partial charge in [0.2, 0.25) is 5.91 Å². The Hall–Kier alpha value is -0.650. The fraction of sp³-hybridized carbons (Fsp3) is 0.963. The molecule has 1 aliphatic heterocycles. The van der Waals surface area contributed by atoms with E-state index >= 15 is 0 Å². The maximum Gasteiger partial charge on any atom is 0.229 e. The van der Waals surface area contributed by atoms with E-state index in [2.05, 4.69) is 17.6 Å². The zero-order chi connectivity index (χ0) is 23.3. The quantitative estimate of drug-likeness (QED) is 0.155. The highest BCUT2D eigenvalue weighted by molar-refractivity contribution is 5.80. The third-order valence-electron chi connectivity index (χ3n) is 6.92. The van der Waals surface area contributed by atoms with E-state index in [1.807, 2.05) is 0 Å². The zero-order valence-electron chi connectivity index (χ0n) is 21.1. The summed E-state index contributed by atoms with van der Waals surface area (Å²) in [5.41, 5.74) is 0. The van der Waals surface area contributed by atoms with E-state index in [0.29, 0.717) is 6.54 Å². The van der Waals surface area contributed by atoms with Crippen molar-refractivity contribution < 1.29 is 15.0 Å². The highest BCUT2D eigenvalue weighted by Gasteiger charge is 2.38. The molecule has 0 aromatic carbocycles. The van der Waals surface area contributed by atoms with E-state index in [1.54, 1.807) is 0 Å². The summed E-state index contributed by atoms with van der Waals surface area (Å²) in [6, 6.07) is 0. The van der Waals surface area contributed by atoms with Crippen molar-refractivity contribution in [2.24, 2.45) is 5.92 Å². The molecule has 3 atom stereocenters. The lowest BCUT2D eigenvalue weighted by atomic mass is 10.0. The van der Waals surface area contributed by atoms with Crippen LogP contribution in [0.15, 0.2) is 0 Å². The first-order chi connectivity index (χ1) is 15.7. The van der Waals surface area contributed by atoms with Gasteiger partial charge in [0.25, 0.3) is 0 Å². The van der Waals surface area contributed by atoms with E-state index in [-0.39, 0.29) is 12.5 Å². The Balaban J connectivity index is 1.72. The van der Waals surface area contributed by atoms with E-state index in [4.69, 9.17) is 0 Å². The lowest BCUT2D eigenvalue weighted by molar-refractivity contribution is -0.131. The van der Waals surface area contributed by atoms with Crippen LogP contribution in [0.4, 0.5) is 0 Å². The Labute approximate surface area is 198 Å². The minimum Gasteiger partial charge on any atom is -0.391 e. The number of amides is 1. The third kappa shape index (κ3) is 15.2. The first kappa shape index (κ1) is 29.4. The van der Waals surface area contributed by atoms with Crippen molar-refractivity contribution >= 4 is 5.91 Å². The average Bonchev–Trinajstić information content (AvgIpc) is 3.12. The molecule has 1 heterocycles. The van der Waals surface area contributed by atoms with E-state index in [0.717, 1.165) is 12.8 Å². The minimum atomic E-state index is -0.931. The second-order valence-electron chi connectivity index (χ2n) is 9.95.